The van der Waals surface area contributed by atoms with Crippen molar-refractivity contribution >= 4 is 41.3 Å². The number of anilines is 1. The van der Waals surface area contributed by atoms with E-state index in [0.717, 1.165) is 30.5 Å². The Kier molecular flexibility index (Phi) is 7.64. The van der Waals surface area contributed by atoms with E-state index in [-0.39, 0.29) is 17.0 Å². The fourth-order valence-electron chi connectivity index (χ4n) is 2.57. The highest BCUT2D eigenvalue weighted by Gasteiger charge is 2.30. The van der Waals surface area contributed by atoms with Crippen molar-refractivity contribution in [1.82, 2.24) is 5.43 Å². The third-order valence-corrected chi connectivity index (χ3v) is 4.50. The number of ether oxygens (including phenoxy) is 1. The molecule has 0 fully saturated rings. The number of carbonyl (C=O) groups is 3. The van der Waals surface area contributed by atoms with Crippen molar-refractivity contribution in [3.05, 3.63) is 94.5 Å². The Bertz CT molecular complexity index is 1230. The molecule has 11 heteroatoms. The summed E-state index contributed by atoms with van der Waals surface area (Å²) >= 11 is 5.80. The smallest absolute Gasteiger partial charge is 0.416 e. The van der Waals surface area contributed by atoms with Gasteiger partial charge in [0, 0.05) is 16.3 Å². The number of para-hydroxylation sites is 1. The third-order valence-electron chi connectivity index (χ3n) is 4.25. The summed E-state index contributed by atoms with van der Waals surface area (Å²) in [7, 11) is 0. The first kappa shape index (κ1) is 24.5. The van der Waals surface area contributed by atoms with Crippen molar-refractivity contribution in [3.8, 4) is 5.75 Å². The highest BCUT2D eigenvalue weighted by molar-refractivity contribution is 6.39. The van der Waals surface area contributed by atoms with Gasteiger partial charge < -0.3 is 10.1 Å². The minimum atomic E-state index is -4.52. The van der Waals surface area contributed by atoms with Crippen LogP contribution in [-0.2, 0) is 15.8 Å². The quantitative estimate of drug-likeness (QED) is 0.179. The molecular formula is C23H15ClF3N3O4. The molecule has 0 radical (unpaired) electrons. The number of rotatable bonds is 5. The maximum atomic E-state index is 12.6. The summed E-state index contributed by atoms with van der Waals surface area (Å²) < 4.78 is 43.1. The van der Waals surface area contributed by atoms with Crippen molar-refractivity contribution in [2.45, 2.75) is 6.18 Å². The van der Waals surface area contributed by atoms with Gasteiger partial charge >= 0.3 is 24.0 Å². The number of alkyl halides is 3. The first-order valence-electron chi connectivity index (χ1n) is 9.52. The Morgan fingerprint density at radius 3 is 2.18 bits per heavy atom. The lowest BCUT2D eigenvalue weighted by atomic mass is 10.2. The molecule has 0 unspecified atom stereocenters. The summed E-state index contributed by atoms with van der Waals surface area (Å²) in [5.41, 5.74) is 1.69. The van der Waals surface area contributed by atoms with Crippen LogP contribution in [0.3, 0.4) is 0 Å². The van der Waals surface area contributed by atoms with Crippen LogP contribution in [0.1, 0.15) is 21.5 Å². The van der Waals surface area contributed by atoms with Crippen LogP contribution in [0, 0.1) is 0 Å². The molecule has 3 aromatic carbocycles. The molecule has 0 bridgehead atoms. The third kappa shape index (κ3) is 6.66. The Balaban J connectivity index is 1.59. The fraction of sp³-hybridized carbons (Fsp3) is 0.0435. The lowest BCUT2D eigenvalue weighted by molar-refractivity contribution is -0.137. The van der Waals surface area contributed by atoms with E-state index < -0.39 is 29.5 Å². The van der Waals surface area contributed by atoms with E-state index in [1.165, 1.54) is 30.3 Å². The molecule has 0 heterocycles. The Morgan fingerprint density at radius 2 is 1.53 bits per heavy atom. The van der Waals surface area contributed by atoms with Crippen LogP contribution >= 0.6 is 11.6 Å². The molecule has 2 N–H and O–H groups in total. The first-order chi connectivity index (χ1) is 16.1. The van der Waals surface area contributed by atoms with E-state index in [9.17, 15) is 27.6 Å². The van der Waals surface area contributed by atoms with E-state index in [0.29, 0.717) is 10.6 Å². The van der Waals surface area contributed by atoms with Crippen LogP contribution < -0.4 is 15.5 Å². The SMILES string of the molecule is O=C(NN=Cc1ccccc1OC(=O)c1ccc(Cl)cc1)C(=O)Nc1ccc(C(F)(F)F)cc1. The maximum absolute atomic E-state index is 12.6. The molecule has 2 amide bonds. The number of hydrogen-bond acceptors (Lipinski definition) is 5. The monoisotopic (exact) mass is 489 g/mol. The molecule has 0 saturated heterocycles. The molecule has 0 saturated carbocycles. The van der Waals surface area contributed by atoms with E-state index in [1.807, 2.05) is 5.43 Å². The van der Waals surface area contributed by atoms with Gasteiger partial charge in [0.1, 0.15) is 5.75 Å². The summed E-state index contributed by atoms with van der Waals surface area (Å²) in [6.07, 6.45) is -3.36. The van der Waals surface area contributed by atoms with Crippen molar-refractivity contribution < 1.29 is 32.3 Å². The molecule has 0 aliphatic rings. The maximum Gasteiger partial charge on any atom is 0.416 e. The van der Waals surface area contributed by atoms with E-state index in [4.69, 9.17) is 16.3 Å². The number of esters is 1. The Morgan fingerprint density at radius 1 is 0.882 bits per heavy atom. The zero-order chi connectivity index (χ0) is 24.7. The van der Waals surface area contributed by atoms with Gasteiger partial charge in [-0.2, -0.15) is 18.3 Å². The van der Waals surface area contributed by atoms with Crippen LogP contribution in [0.2, 0.25) is 5.02 Å². The number of hydrazone groups is 1. The van der Waals surface area contributed by atoms with Crippen LogP contribution in [0.15, 0.2) is 77.9 Å². The molecule has 34 heavy (non-hydrogen) atoms. The topological polar surface area (TPSA) is 96.9 Å². The molecular weight excluding hydrogens is 475 g/mol. The van der Waals surface area contributed by atoms with Gasteiger partial charge in [0.25, 0.3) is 0 Å². The summed E-state index contributed by atoms with van der Waals surface area (Å²) in [4.78, 5) is 36.2. The zero-order valence-electron chi connectivity index (χ0n) is 17.1. The number of nitrogens with zero attached hydrogens (tertiary/aromatic N) is 1. The second-order valence-electron chi connectivity index (χ2n) is 6.66. The molecule has 0 aliphatic carbocycles. The molecule has 7 nitrogen and oxygen atoms in total. The molecule has 3 aromatic rings. The van der Waals surface area contributed by atoms with Crippen molar-refractivity contribution in [2.75, 3.05) is 5.32 Å². The highest BCUT2D eigenvalue weighted by atomic mass is 35.5. The number of nitrogens with one attached hydrogen (secondary N) is 2. The molecule has 0 atom stereocenters. The average molecular weight is 490 g/mol. The predicted octanol–water partition coefficient (Wildman–Crippen LogP) is 4.67. The van der Waals surface area contributed by atoms with Gasteiger partial charge in [-0.25, -0.2) is 10.2 Å². The summed E-state index contributed by atoms with van der Waals surface area (Å²) in [5.74, 6) is -2.79. The lowest BCUT2D eigenvalue weighted by Crippen LogP contribution is -2.32. The van der Waals surface area contributed by atoms with Gasteiger partial charge in [-0.05, 0) is 60.7 Å². The van der Waals surface area contributed by atoms with E-state index in [1.54, 1.807) is 18.2 Å². The summed E-state index contributed by atoms with van der Waals surface area (Å²) in [6.45, 7) is 0. The van der Waals surface area contributed by atoms with Crippen LogP contribution in [0.25, 0.3) is 0 Å². The van der Waals surface area contributed by atoms with Crippen molar-refractivity contribution in [2.24, 2.45) is 5.10 Å². The number of halogens is 4. The minimum absolute atomic E-state index is 0.00316. The molecule has 174 valence electrons. The van der Waals surface area contributed by atoms with E-state index >= 15 is 0 Å². The van der Waals surface area contributed by atoms with E-state index in [2.05, 4.69) is 10.4 Å². The van der Waals surface area contributed by atoms with Gasteiger partial charge in [-0.15, -0.1) is 0 Å². The Hall–Kier alpha value is -4.18. The van der Waals surface area contributed by atoms with Crippen LogP contribution in [0.4, 0.5) is 18.9 Å². The number of benzene rings is 3. The summed E-state index contributed by atoms with van der Waals surface area (Å²) in [5, 5.41) is 6.28. The standard InChI is InChI=1S/C23H15ClF3N3O4/c24-17-9-5-14(6-10-17)22(33)34-19-4-2-1-3-15(19)13-28-30-21(32)20(31)29-18-11-7-16(8-12-18)23(25,26)27/h1-13H,(H,29,31)(H,30,32). The second-order valence-corrected chi connectivity index (χ2v) is 7.10. The highest BCUT2D eigenvalue weighted by Crippen LogP contribution is 2.29. The second kappa shape index (κ2) is 10.6. The average Bonchev–Trinajstić information content (AvgIpc) is 2.80. The normalized spacial score (nSPS) is 11.2. The zero-order valence-corrected chi connectivity index (χ0v) is 17.9. The van der Waals surface area contributed by atoms with Gasteiger partial charge in [-0.1, -0.05) is 23.7 Å². The van der Waals surface area contributed by atoms with Crippen molar-refractivity contribution in [1.29, 1.82) is 0 Å². The molecule has 0 spiro atoms. The first-order valence-corrected chi connectivity index (χ1v) is 9.90. The number of amides is 2. The number of hydrogen-bond donors (Lipinski definition) is 2. The molecule has 0 aromatic heterocycles. The van der Waals surface area contributed by atoms with Gasteiger partial charge in [0.2, 0.25) is 0 Å². The number of carbonyl (C=O) groups excluding carboxylic acids is 3. The van der Waals surface area contributed by atoms with Gasteiger partial charge in [-0.3, -0.25) is 9.59 Å². The lowest BCUT2D eigenvalue weighted by Gasteiger charge is -2.08. The molecule has 0 aliphatic heterocycles. The fourth-order valence-corrected chi connectivity index (χ4v) is 2.69. The van der Waals surface area contributed by atoms with Crippen LogP contribution in [-0.4, -0.2) is 24.0 Å². The summed E-state index contributed by atoms with van der Waals surface area (Å²) in [6, 6.07) is 16.0. The predicted molar refractivity (Wildman–Crippen MR) is 119 cm³/mol. The Labute approximate surface area is 196 Å². The van der Waals surface area contributed by atoms with Gasteiger partial charge in [0.15, 0.2) is 0 Å². The largest absolute Gasteiger partial charge is 0.422 e. The minimum Gasteiger partial charge on any atom is -0.422 e. The van der Waals surface area contributed by atoms with Gasteiger partial charge in [0.05, 0.1) is 17.3 Å². The molecule has 3 rings (SSSR count). The van der Waals surface area contributed by atoms with Crippen LogP contribution in [0.5, 0.6) is 5.75 Å². The van der Waals surface area contributed by atoms with Crippen molar-refractivity contribution in [3.63, 3.8) is 0 Å².